The first-order chi connectivity index (χ1) is 12.2. The van der Waals surface area contributed by atoms with E-state index in [1.165, 1.54) is 0 Å². The van der Waals surface area contributed by atoms with Gasteiger partial charge in [0.1, 0.15) is 11.5 Å². The van der Waals surface area contributed by atoms with Crippen molar-refractivity contribution in [3.63, 3.8) is 0 Å². The van der Waals surface area contributed by atoms with Crippen molar-refractivity contribution in [2.45, 2.75) is 12.8 Å². The minimum atomic E-state index is -0.202. The first kappa shape index (κ1) is 15.7. The van der Waals surface area contributed by atoms with Crippen molar-refractivity contribution in [1.82, 2.24) is 5.32 Å². The molecule has 2 aliphatic rings. The summed E-state index contributed by atoms with van der Waals surface area (Å²) in [5, 5.41) is 3.54. The third-order valence-corrected chi connectivity index (χ3v) is 4.40. The Labute approximate surface area is 149 Å². The van der Waals surface area contributed by atoms with E-state index in [1.54, 1.807) is 6.08 Å². The first-order valence-electron chi connectivity index (χ1n) is 7.93. The maximum Gasteiger partial charge on any atom is 0.275 e. The van der Waals surface area contributed by atoms with Gasteiger partial charge in [0.25, 0.3) is 5.91 Å². The molecule has 1 amide bonds. The fourth-order valence-electron chi connectivity index (χ4n) is 2.75. The van der Waals surface area contributed by atoms with Crippen molar-refractivity contribution in [3.8, 4) is 11.5 Å². The molecule has 0 saturated heterocycles. The van der Waals surface area contributed by atoms with Gasteiger partial charge in [-0.3, -0.25) is 4.79 Å². The van der Waals surface area contributed by atoms with Crippen molar-refractivity contribution >= 4 is 29.4 Å². The van der Waals surface area contributed by atoms with Gasteiger partial charge in [0.05, 0.1) is 0 Å². The van der Waals surface area contributed by atoms with E-state index in [0.717, 1.165) is 22.6 Å². The Morgan fingerprint density at radius 3 is 2.84 bits per heavy atom. The van der Waals surface area contributed by atoms with Gasteiger partial charge >= 0.3 is 0 Å². The number of fused-ring (bicyclic) bond motifs is 1. The molecular formula is C19H15ClN2O3. The lowest BCUT2D eigenvalue weighted by atomic mass is 10.1. The number of amidine groups is 1. The van der Waals surface area contributed by atoms with Crippen LogP contribution in [0.2, 0.25) is 5.02 Å². The van der Waals surface area contributed by atoms with Crippen molar-refractivity contribution in [3.05, 3.63) is 64.3 Å². The SMILES string of the molecule is O=C1NC(CCc2ccccc2Cl)=N/C1=C/c1ccc2c(c1)OCO2. The predicted octanol–water partition coefficient (Wildman–Crippen LogP) is 3.57. The van der Waals surface area contributed by atoms with Crippen LogP contribution in [-0.2, 0) is 11.2 Å². The van der Waals surface area contributed by atoms with Crippen molar-refractivity contribution < 1.29 is 14.3 Å². The van der Waals surface area contributed by atoms with Crippen molar-refractivity contribution in [2.75, 3.05) is 6.79 Å². The van der Waals surface area contributed by atoms with E-state index in [-0.39, 0.29) is 12.7 Å². The van der Waals surface area contributed by atoms with Gasteiger partial charge in [-0.1, -0.05) is 35.9 Å². The number of ether oxygens (including phenoxy) is 2. The number of halogens is 1. The van der Waals surface area contributed by atoms with E-state index >= 15 is 0 Å². The van der Waals surface area contributed by atoms with Crippen LogP contribution in [0.5, 0.6) is 11.5 Å². The standard InChI is InChI=1S/C19H15ClN2O3/c20-14-4-2-1-3-13(14)6-8-18-21-15(19(23)22-18)9-12-5-7-16-17(10-12)25-11-24-16/h1-5,7,9-10H,6,8,11H2,(H,21,22,23)/b15-9+. The Morgan fingerprint density at radius 1 is 1.12 bits per heavy atom. The zero-order valence-corrected chi connectivity index (χ0v) is 14.0. The van der Waals surface area contributed by atoms with Crippen LogP contribution in [0.1, 0.15) is 17.5 Å². The highest BCUT2D eigenvalue weighted by Crippen LogP contribution is 2.33. The van der Waals surface area contributed by atoms with E-state index in [4.69, 9.17) is 21.1 Å². The smallest absolute Gasteiger partial charge is 0.275 e. The van der Waals surface area contributed by atoms with E-state index < -0.39 is 0 Å². The number of nitrogens with one attached hydrogen (secondary N) is 1. The Morgan fingerprint density at radius 2 is 1.96 bits per heavy atom. The summed E-state index contributed by atoms with van der Waals surface area (Å²) in [6.45, 7) is 0.222. The number of benzene rings is 2. The lowest BCUT2D eigenvalue weighted by Gasteiger charge is -2.03. The van der Waals surface area contributed by atoms with Crippen molar-refractivity contribution in [1.29, 1.82) is 0 Å². The lowest BCUT2D eigenvalue weighted by molar-refractivity contribution is -0.115. The molecule has 0 fully saturated rings. The largest absolute Gasteiger partial charge is 0.454 e. The van der Waals surface area contributed by atoms with E-state index in [9.17, 15) is 4.79 Å². The molecule has 0 atom stereocenters. The molecular weight excluding hydrogens is 340 g/mol. The zero-order valence-electron chi connectivity index (χ0n) is 13.3. The molecule has 1 N–H and O–H groups in total. The van der Waals surface area contributed by atoms with Crippen LogP contribution >= 0.6 is 11.6 Å². The molecule has 2 heterocycles. The molecule has 0 aromatic heterocycles. The van der Waals surface area contributed by atoms with E-state index in [2.05, 4.69) is 10.3 Å². The van der Waals surface area contributed by atoms with E-state index in [0.29, 0.717) is 29.5 Å². The predicted molar refractivity (Wildman–Crippen MR) is 95.9 cm³/mol. The van der Waals surface area contributed by atoms with Crippen LogP contribution in [0.25, 0.3) is 6.08 Å². The Hall–Kier alpha value is -2.79. The zero-order chi connectivity index (χ0) is 17.2. The van der Waals surface area contributed by atoms with Crippen LogP contribution < -0.4 is 14.8 Å². The summed E-state index contributed by atoms with van der Waals surface area (Å²) in [6, 6.07) is 13.2. The molecule has 6 heteroatoms. The number of aryl methyl sites for hydroxylation is 1. The molecule has 2 aromatic carbocycles. The van der Waals surface area contributed by atoms with E-state index in [1.807, 2.05) is 42.5 Å². The highest BCUT2D eigenvalue weighted by molar-refractivity contribution is 6.31. The highest BCUT2D eigenvalue weighted by Gasteiger charge is 2.20. The van der Waals surface area contributed by atoms with Gasteiger partial charge in [0.15, 0.2) is 11.5 Å². The molecule has 0 unspecified atom stereocenters. The maximum atomic E-state index is 12.1. The summed E-state index contributed by atoms with van der Waals surface area (Å²) in [5.74, 6) is 1.83. The fourth-order valence-corrected chi connectivity index (χ4v) is 2.98. The molecule has 2 aliphatic heterocycles. The fraction of sp³-hybridized carbons (Fsp3) is 0.158. The van der Waals surface area contributed by atoms with Crippen LogP contribution in [0.3, 0.4) is 0 Å². The van der Waals surface area contributed by atoms with Crippen LogP contribution in [0.4, 0.5) is 0 Å². The average molecular weight is 355 g/mol. The molecule has 0 aliphatic carbocycles. The second-order valence-corrected chi connectivity index (χ2v) is 6.15. The third-order valence-electron chi connectivity index (χ3n) is 4.03. The van der Waals surface area contributed by atoms with Gasteiger partial charge in [0.2, 0.25) is 6.79 Å². The highest BCUT2D eigenvalue weighted by atomic mass is 35.5. The van der Waals surface area contributed by atoms with Gasteiger partial charge in [-0.25, -0.2) is 4.99 Å². The van der Waals surface area contributed by atoms with Gasteiger partial charge in [-0.2, -0.15) is 0 Å². The summed E-state index contributed by atoms with van der Waals surface area (Å²) < 4.78 is 10.6. The van der Waals surface area contributed by atoms with Crippen LogP contribution in [0, 0.1) is 0 Å². The third kappa shape index (κ3) is 3.37. The van der Waals surface area contributed by atoms with Gasteiger partial charge in [-0.05, 0) is 41.8 Å². The Kier molecular flexibility index (Phi) is 4.15. The summed E-state index contributed by atoms with van der Waals surface area (Å²) in [7, 11) is 0. The summed E-state index contributed by atoms with van der Waals surface area (Å²) >= 11 is 6.16. The average Bonchev–Trinajstić information content (AvgIpc) is 3.21. The molecule has 4 rings (SSSR count). The molecule has 0 bridgehead atoms. The lowest BCUT2D eigenvalue weighted by Crippen LogP contribution is -2.24. The van der Waals surface area contributed by atoms with Crippen molar-refractivity contribution in [2.24, 2.45) is 4.99 Å². The number of amides is 1. The summed E-state index contributed by atoms with van der Waals surface area (Å²) in [5.41, 5.74) is 2.26. The quantitative estimate of drug-likeness (QED) is 0.854. The second-order valence-electron chi connectivity index (χ2n) is 5.75. The Balaban J connectivity index is 1.49. The number of aliphatic imine (C=N–C) groups is 1. The Bertz CT molecular complexity index is 905. The van der Waals surface area contributed by atoms with Gasteiger partial charge in [0, 0.05) is 11.4 Å². The number of carbonyl (C=O) groups excluding carboxylic acids is 1. The minimum absolute atomic E-state index is 0.202. The van der Waals surface area contributed by atoms with Crippen LogP contribution in [-0.4, -0.2) is 18.5 Å². The molecule has 25 heavy (non-hydrogen) atoms. The number of nitrogens with zero attached hydrogens (tertiary/aromatic N) is 1. The topological polar surface area (TPSA) is 59.9 Å². The summed E-state index contributed by atoms with van der Waals surface area (Å²) in [6.07, 6.45) is 3.07. The molecule has 126 valence electrons. The maximum absolute atomic E-state index is 12.1. The summed E-state index contributed by atoms with van der Waals surface area (Å²) in [4.78, 5) is 16.5. The number of rotatable bonds is 4. The molecule has 2 aromatic rings. The monoisotopic (exact) mass is 354 g/mol. The molecule has 0 spiro atoms. The number of hydrogen-bond acceptors (Lipinski definition) is 4. The van der Waals surface area contributed by atoms with Gasteiger partial charge in [-0.15, -0.1) is 0 Å². The minimum Gasteiger partial charge on any atom is -0.454 e. The molecule has 0 saturated carbocycles. The number of carbonyl (C=O) groups is 1. The van der Waals surface area contributed by atoms with Crippen LogP contribution in [0.15, 0.2) is 53.2 Å². The molecule has 0 radical (unpaired) electrons. The van der Waals surface area contributed by atoms with Gasteiger partial charge < -0.3 is 14.8 Å². The number of hydrogen-bond donors (Lipinski definition) is 1. The molecule has 5 nitrogen and oxygen atoms in total. The second kappa shape index (κ2) is 6.61. The first-order valence-corrected chi connectivity index (χ1v) is 8.30. The normalized spacial score (nSPS) is 16.9.